The van der Waals surface area contributed by atoms with Crippen molar-refractivity contribution in [3.05, 3.63) is 12.1 Å². The molecule has 2 aromatic heterocycles. The Kier molecular flexibility index (Phi) is 3.88. The SMILES string of the molecule is COCCn1c(-c2ocnc2C)nnc1S(=O)(=O)Cl. The quantitative estimate of drug-likeness (QED) is 0.754. The fraction of sp³-hybridized carbons (Fsp3) is 0.444. The van der Waals surface area contributed by atoms with Gasteiger partial charge in [0.2, 0.25) is 5.82 Å². The van der Waals surface area contributed by atoms with Gasteiger partial charge in [0.05, 0.1) is 18.8 Å². The molecule has 0 unspecified atom stereocenters. The van der Waals surface area contributed by atoms with Gasteiger partial charge in [0, 0.05) is 17.8 Å². The van der Waals surface area contributed by atoms with Crippen molar-refractivity contribution in [2.24, 2.45) is 0 Å². The average molecular weight is 307 g/mol. The number of nitrogens with zero attached hydrogens (tertiary/aromatic N) is 4. The third kappa shape index (κ3) is 2.77. The first-order valence-corrected chi connectivity index (χ1v) is 7.53. The van der Waals surface area contributed by atoms with Crippen molar-refractivity contribution in [1.82, 2.24) is 19.7 Å². The maximum atomic E-state index is 11.4. The molecule has 0 aliphatic carbocycles. The van der Waals surface area contributed by atoms with Gasteiger partial charge >= 0.3 is 0 Å². The number of ether oxygens (including phenoxy) is 1. The molecule has 0 aliphatic heterocycles. The molecule has 2 aromatic rings. The zero-order valence-electron chi connectivity index (χ0n) is 10.2. The summed E-state index contributed by atoms with van der Waals surface area (Å²) < 4.78 is 34.3. The Bertz CT molecular complexity index is 678. The topological polar surface area (TPSA) is 100 Å². The summed E-state index contributed by atoms with van der Waals surface area (Å²) in [5.41, 5.74) is 0.574. The van der Waals surface area contributed by atoms with Gasteiger partial charge in [-0.15, -0.1) is 10.2 Å². The van der Waals surface area contributed by atoms with Gasteiger partial charge in [0.1, 0.15) is 0 Å². The van der Waals surface area contributed by atoms with Gasteiger partial charge in [-0.3, -0.25) is 4.57 Å². The Hall–Kier alpha value is -1.45. The molecule has 0 N–H and O–H groups in total. The maximum Gasteiger partial charge on any atom is 0.296 e. The van der Waals surface area contributed by atoms with Crippen LogP contribution >= 0.6 is 10.7 Å². The second-order valence-corrected chi connectivity index (χ2v) is 6.12. The summed E-state index contributed by atoms with van der Waals surface area (Å²) in [7, 11) is 2.81. The molecule has 10 heteroatoms. The van der Waals surface area contributed by atoms with Gasteiger partial charge in [-0.1, -0.05) is 0 Å². The molecule has 0 bridgehead atoms. The van der Waals surface area contributed by atoms with Crippen molar-refractivity contribution in [2.75, 3.05) is 13.7 Å². The first-order valence-electron chi connectivity index (χ1n) is 5.22. The number of aryl methyl sites for hydroxylation is 1. The molecule has 19 heavy (non-hydrogen) atoms. The largest absolute Gasteiger partial charge is 0.440 e. The van der Waals surface area contributed by atoms with E-state index in [0.29, 0.717) is 11.5 Å². The molecule has 104 valence electrons. The number of oxazole rings is 1. The number of halogens is 1. The minimum Gasteiger partial charge on any atom is -0.440 e. The Balaban J connectivity index is 2.56. The molecule has 0 spiro atoms. The Morgan fingerprint density at radius 2 is 2.21 bits per heavy atom. The number of methoxy groups -OCH3 is 1. The van der Waals surface area contributed by atoms with Crippen molar-refractivity contribution in [3.63, 3.8) is 0 Å². The molecule has 0 fully saturated rings. The van der Waals surface area contributed by atoms with Gasteiger partial charge in [0.25, 0.3) is 14.2 Å². The Labute approximate surface area is 113 Å². The van der Waals surface area contributed by atoms with E-state index in [2.05, 4.69) is 15.2 Å². The predicted molar refractivity (Wildman–Crippen MR) is 65.2 cm³/mol. The molecule has 0 saturated carbocycles. The standard InChI is InChI=1S/C9H11ClN4O4S/c1-6-7(18-5-11-6)8-12-13-9(19(10,15)16)14(8)3-4-17-2/h5H,3-4H2,1-2H3. The molecule has 0 aromatic carbocycles. The third-order valence-electron chi connectivity index (χ3n) is 2.40. The summed E-state index contributed by atoms with van der Waals surface area (Å²) in [5.74, 6) is 0.585. The van der Waals surface area contributed by atoms with Crippen molar-refractivity contribution in [2.45, 2.75) is 18.6 Å². The summed E-state index contributed by atoms with van der Waals surface area (Å²) >= 11 is 0. The normalized spacial score (nSPS) is 11.9. The first kappa shape index (κ1) is 14.0. The van der Waals surface area contributed by atoms with Crippen molar-refractivity contribution < 1.29 is 17.6 Å². The third-order valence-corrected chi connectivity index (χ3v) is 3.55. The molecule has 0 amide bonds. The summed E-state index contributed by atoms with van der Waals surface area (Å²) in [6.07, 6.45) is 1.24. The Morgan fingerprint density at radius 3 is 2.74 bits per heavy atom. The lowest BCUT2D eigenvalue weighted by atomic mass is 10.3. The van der Waals surface area contributed by atoms with Crippen LogP contribution < -0.4 is 0 Å². The number of rotatable bonds is 5. The van der Waals surface area contributed by atoms with Crippen molar-refractivity contribution in [3.8, 4) is 11.6 Å². The van der Waals surface area contributed by atoms with Crippen LogP contribution in [0.5, 0.6) is 0 Å². The minimum absolute atomic E-state index is 0.222. The van der Waals surface area contributed by atoms with Crippen LogP contribution in [0.15, 0.2) is 16.0 Å². The van der Waals surface area contributed by atoms with Crippen LogP contribution in [0.2, 0.25) is 0 Å². The van der Waals surface area contributed by atoms with Gasteiger partial charge < -0.3 is 9.15 Å². The maximum absolute atomic E-state index is 11.4. The highest BCUT2D eigenvalue weighted by Gasteiger charge is 2.25. The van der Waals surface area contributed by atoms with Gasteiger partial charge in [-0.05, 0) is 6.92 Å². The Morgan fingerprint density at radius 1 is 1.47 bits per heavy atom. The van der Waals surface area contributed by atoms with E-state index in [9.17, 15) is 8.42 Å². The monoisotopic (exact) mass is 306 g/mol. The van der Waals surface area contributed by atoms with E-state index in [-0.39, 0.29) is 24.1 Å². The van der Waals surface area contributed by atoms with Crippen LogP contribution in [0.4, 0.5) is 0 Å². The second kappa shape index (κ2) is 5.27. The van der Waals surface area contributed by atoms with Crippen LogP contribution in [-0.4, -0.2) is 41.9 Å². The molecule has 2 rings (SSSR count). The first-order chi connectivity index (χ1) is 8.95. The highest BCUT2D eigenvalue weighted by atomic mass is 35.7. The summed E-state index contributed by atoms with van der Waals surface area (Å²) in [6, 6.07) is 0. The fourth-order valence-corrected chi connectivity index (χ4v) is 2.46. The predicted octanol–water partition coefficient (Wildman–Crippen LogP) is 0.815. The van der Waals surface area contributed by atoms with Crippen LogP contribution in [0.1, 0.15) is 5.69 Å². The zero-order chi connectivity index (χ0) is 14.0. The minimum atomic E-state index is -4.00. The lowest BCUT2D eigenvalue weighted by Gasteiger charge is -2.06. The van der Waals surface area contributed by atoms with Crippen LogP contribution in [-0.2, 0) is 20.3 Å². The molecule has 0 atom stereocenters. The van der Waals surface area contributed by atoms with E-state index in [1.54, 1.807) is 6.92 Å². The van der Waals surface area contributed by atoms with E-state index in [0.717, 1.165) is 0 Å². The van der Waals surface area contributed by atoms with Gasteiger partial charge in [-0.2, -0.15) is 0 Å². The van der Waals surface area contributed by atoms with E-state index in [1.165, 1.54) is 18.1 Å². The lowest BCUT2D eigenvalue weighted by Crippen LogP contribution is -2.11. The number of hydrogen-bond acceptors (Lipinski definition) is 7. The van der Waals surface area contributed by atoms with Crippen LogP contribution in [0.3, 0.4) is 0 Å². The van der Waals surface area contributed by atoms with E-state index >= 15 is 0 Å². The number of hydrogen-bond donors (Lipinski definition) is 0. The zero-order valence-corrected chi connectivity index (χ0v) is 11.8. The summed E-state index contributed by atoms with van der Waals surface area (Å²) in [6.45, 7) is 2.21. The van der Waals surface area contributed by atoms with Crippen molar-refractivity contribution in [1.29, 1.82) is 0 Å². The van der Waals surface area contributed by atoms with Gasteiger partial charge in [-0.25, -0.2) is 13.4 Å². The van der Waals surface area contributed by atoms with E-state index in [4.69, 9.17) is 19.8 Å². The molecular formula is C9H11ClN4O4S. The second-order valence-electron chi connectivity index (χ2n) is 3.66. The molecule has 0 aliphatic rings. The average Bonchev–Trinajstić information content (AvgIpc) is 2.90. The van der Waals surface area contributed by atoms with Gasteiger partial charge in [0.15, 0.2) is 12.2 Å². The molecule has 0 radical (unpaired) electrons. The smallest absolute Gasteiger partial charge is 0.296 e. The van der Waals surface area contributed by atoms with Crippen LogP contribution in [0, 0.1) is 6.92 Å². The van der Waals surface area contributed by atoms with E-state index < -0.39 is 9.05 Å². The summed E-state index contributed by atoms with van der Waals surface area (Å²) in [4.78, 5) is 3.92. The molecule has 0 saturated heterocycles. The van der Waals surface area contributed by atoms with Crippen LogP contribution in [0.25, 0.3) is 11.6 Å². The molecule has 2 heterocycles. The highest BCUT2D eigenvalue weighted by Crippen LogP contribution is 2.24. The number of aromatic nitrogens is 4. The molecular weight excluding hydrogens is 296 g/mol. The highest BCUT2D eigenvalue weighted by molar-refractivity contribution is 8.13. The fourth-order valence-electron chi connectivity index (χ4n) is 1.54. The van der Waals surface area contributed by atoms with Crippen molar-refractivity contribution >= 4 is 19.7 Å². The summed E-state index contributed by atoms with van der Waals surface area (Å²) in [5, 5.41) is 7.04. The van der Waals surface area contributed by atoms with E-state index in [1.807, 2.05) is 0 Å². The lowest BCUT2D eigenvalue weighted by molar-refractivity contribution is 0.185. The molecule has 8 nitrogen and oxygen atoms in total.